The summed E-state index contributed by atoms with van der Waals surface area (Å²) in [6.45, 7) is 13.7. The van der Waals surface area contributed by atoms with Crippen molar-refractivity contribution in [2.24, 2.45) is 7.05 Å². The van der Waals surface area contributed by atoms with Crippen molar-refractivity contribution in [1.82, 2.24) is 24.0 Å². The summed E-state index contributed by atoms with van der Waals surface area (Å²) in [5.41, 5.74) is 2.31. The minimum Gasteiger partial charge on any atom is -0.478 e. The normalized spacial score (nSPS) is 16.1. The number of likely N-dealkylation sites (tertiary alicyclic amines) is 1. The Balaban J connectivity index is 1.50. The van der Waals surface area contributed by atoms with E-state index in [0.717, 1.165) is 13.0 Å². The predicted molar refractivity (Wildman–Crippen MR) is 143 cm³/mol. The molecular formula is C28H36FN5O2. The molecule has 0 aliphatic carbocycles. The molecule has 192 valence electrons. The van der Waals surface area contributed by atoms with Crippen molar-refractivity contribution in [1.29, 1.82) is 0 Å². The molecule has 1 saturated heterocycles. The van der Waals surface area contributed by atoms with E-state index in [0.29, 0.717) is 45.2 Å². The number of aromatic nitrogens is 4. The quantitative estimate of drug-likeness (QED) is 0.449. The standard InChI is InChI=1S/C28H36FN5O2/c1-19(2)34-27-21(4)24(30-18-25(27)32(5)28(34)35)16-23(29)20(3)22-10-11-26(31-17-22)36-15-9-14-33-12-7-6-8-13-33/h10-11,16-19H,4,6-9,12-15H2,1-3,5H3/b23-20-,24-16+. The van der Waals surface area contributed by atoms with Gasteiger partial charge in [-0.05, 0) is 70.3 Å². The number of rotatable bonds is 8. The molecule has 1 fully saturated rings. The van der Waals surface area contributed by atoms with Crippen molar-refractivity contribution >= 4 is 29.3 Å². The molecule has 0 atom stereocenters. The minimum atomic E-state index is -0.432. The minimum absolute atomic E-state index is 0.0596. The molecule has 0 unspecified atom stereocenters. The monoisotopic (exact) mass is 493 g/mol. The van der Waals surface area contributed by atoms with E-state index >= 15 is 4.39 Å². The summed E-state index contributed by atoms with van der Waals surface area (Å²) in [6, 6.07) is 3.52. The number of hydrogen-bond acceptors (Lipinski definition) is 5. The molecule has 8 heteroatoms. The molecule has 0 saturated carbocycles. The van der Waals surface area contributed by atoms with Gasteiger partial charge in [0.1, 0.15) is 5.83 Å². The van der Waals surface area contributed by atoms with Gasteiger partial charge in [0.15, 0.2) is 0 Å². The Morgan fingerprint density at radius 3 is 2.61 bits per heavy atom. The van der Waals surface area contributed by atoms with Crippen molar-refractivity contribution in [3.63, 3.8) is 0 Å². The highest BCUT2D eigenvalue weighted by atomic mass is 19.1. The molecule has 0 aromatic carbocycles. The average molecular weight is 494 g/mol. The second-order valence-electron chi connectivity index (χ2n) is 9.77. The Bertz CT molecular complexity index is 1410. The number of ether oxygens (including phenoxy) is 1. The zero-order valence-corrected chi connectivity index (χ0v) is 21.8. The summed E-state index contributed by atoms with van der Waals surface area (Å²) in [4.78, 5) is 23.9. The lowest BCUT2D eigenvalue weighted by molar-refractivity contribution is 0.203. The van der Waals surface area contributed by atoms with Crippen LogP contribution in [-0.4, -0.2) is 50.2 Å². The van der Waals surface area contributed by atoms with Crippen LogP contribution >= 0.6 is 0 Å². The number of hydrogen-bond donors (Lipinski definition) is 0. The highest BCUT2D eigenvalue weighted by Gasteiger charge is 2.15. The molecule has 7 nitrogen and oxygen atoms in total. The van der Waals surface area contributed by atoms with Gasteiger partial charge in [-0.15, -0.1) is 0 Å². The van der Waals surface area contributed by atoms with Crippen LogP contribution in [0, 0.1) is 0 Å². The topological polar surface area (TPSA) is 65.2 Å². The zero-order valence-electron chi connectivity index (χ0n) is 21.8. The Hall–Kier alpha value is -3.26. The largest absolute Gasteiger partial charge is 0.478 e. The Morgan fingerprint density at radius 1 is 1.19 bits per heavy atom. The van der Waals surface area contributed by atoms with Gasteiger partial charge in [-0.2, -0.15) is 0 Å². The van der Waals surface area contributed by atoms with Crippen LogP contribution < -0.4 is 21.0 Å². The van der Waals surface area contributed by atoms with E-state index in [1.807, 2.05) is 19.9 Å². The molecule has 36 heavy (non-hydrogen) atoms. The van der Waals surface area contributed by atoms with Crippen molar-refractivity contribution in [2.75, 3.05) is 26.2 Å². The van der Waals surface area contributed by atoms with Gasteiger partial charge in [-0.25, -0.2) is 14.2 Å². The third-order valence-corrected chi connectivity index (χ3v) is 6.88. The molecule has 4 heterocycles. The number of fused-ring (bicyclic) bond motifs is 1. The maximum absolute atomic E-state index is 15.2. The van der Waals surface area contributed by atoms with E-state index in [1.165, 1.54) is 38.4 Å². The van der Waals surface area contributed by atoms with E-state index < -0.39 is 5.83 Å². The summed E-state index contributed by atoms with van der Waals surface area (Å²) in [5.74, 6) is 0.107. The first-order chi connectivity index (χ1) is 17.3. The number of pyridine rings is 2. The van der Waals surface area contributed by atoms with Gasteiger partial charge in [0, 0.05) is 43.2 Å². The molecule has 0 amide bonds. The van der Waals surface area contributed by atoms with Gasteiger partial charge in [0.25, 0.3) is 0 Å². The fourth-order valence-corrected chi connectivity index (χ4v) is 4.73. The van der Waals surface area contributed by atoms with Crippen LogP contribution in [-0.2, 0) is 7.05 Å². The molecule has 3 aromatic rings. The molecule has 1 aliphatic rings. The first-order valence-electron chi connectivity index (χ1n) is 12.7. The van der Waals surface area contributed by atoms with Gasteiger partial charge < -0.3 is 9.64 Å². The van der Waals surface area contributed by atoms with Crippen LogP contribution in [0.4, 0.5) is 4.39 Å². The van der Waals surface area contributed by atoms with Crippen molar-refractivity contribution in [2.45, 2.75) is 52.5 Å². The number of imidazole rings is 1. The van der Waals surface area contributed by atoms with Gasteiger partial charge >= 0.3 is 5.69 Å². The molecule has 3 aromatic heterocycles. The van der Waals surface area contributed by atoms with Gasteiger partial charge in [-0.3, -0.25) is 14.1 Å². The molecular weight excluding hydrogens is 457 g/mol. The number of aryl methyl sites for hydroxylation is 1. The number of allylic oxidation sites excluding steroid dienone is 2. The first kappa shape index (κ1) is 25.8. The second-order valence-corrected chi connectivity index (χ2v) is 9.77. The van der Waals surface area contributed by atoms with E-state index in [-0.39, 0.29) is 11.7 Å². The second kappa shape index (κ2) is 11.2. The smallest absolute Gasteiger partial charge is 0.329 e. The van der Waals surface area contributed by atoms with Crippen molar-refractivity contribution in [3.8, 4) is 5.88 Å². The lowest BCUT2D eigenvalue weighted by atomic mass is 10.1. The number of nitrogens with zero attached hydrogens (tertiary/aromatic N) is 5. The Labute approximate surface area is 211 Å². The van der Waals surface area contributed by atoms with Gasteiger partial charge in [-0.1, -0.05) is 13.0 Å². The van der Waals surface area contributed by atoms with Crippen molar-refractivity contribution < 1.29 is 9.13 Å². The third kappa shape index (κ3) is 5.43. The molecule has 0 bridgehead atoms. The average Bonchev–Trinajstić information content (AvgIpc) is 3.14. The lowest BCUT2D eigenvalue weighted by Gasteiger charge is -2.26. The zero-order chi connectivity index (χ0) is 25.8. The molecule has 4 rings (SSSR count). The SMILES string of the molecule is C=c1/c(=C\C(F)=C(/C)c2ccc(OCCCN3CCCCC3)nc2)ncc2c1n(C(C)C)c(=O)n2C. The number of halogens is 1. The summed E-state index contributed by atoms with van der Waals surface area (Å²) >= 11 is 0. The summed E-state index contributed by atoms with van der Waals surface area (Å²) in [7, 11) is 1.70. The first-order valence-corrected chi connectivity index (χ1v) is 12.7. The van der Waals surface area contributed by atoms with Crippen LogP contribution in [0.25, 0.3) is 29.3 Å². The van der Waals surface area contributed by atoms with E-state index in [1.54, 1.807) is 41.6 Å². The van der Waals surface area contributed by atoms with Crippen LogP contribution in [0.1, 0.15) is 58.1 Å². The molecule has 1 aliphatic heterocycles. The highest BCUT2D eigenvalue weighted by molar-refractivity contribution is 5.77. The van der Waals surface area contributed by atoms with Gasteiger partial charge in [0.2, 0.25) is 5.88 Å². The Morgan fingerprint density at radius 2 is 1.94 bits per heavy atom. The van der Waals surface area contributed by atoms with E-state index in [4.69, 9.17) is 4.74 Å². The molecule has 0 N–H and O–H groups in total. The molecule has 0 spiro atoms. The van der Waals surface area contributed by atoms with Crippen LogP contribution in [0.5, 0.6) is 5.88 Å². The van der Waals surface area contributed by atoms with Crippen LogP contribution in [0.2, 0.25) is 0 Å². The van der Waals surface area contributed by atoms with Crippen LogP contribution in [0.15, 0.2) is 35.1 Å². The van der Waals surface area contributed by atoms with Crippen molar-refractivity contribution in [3.05, 3.63) is 57.0 Å². The molecule has 0 radical (unpaired) electrons. The summed E-state index contributed by atoms with van der Waals surface area (Å²) in [5, 5.41) is 0.911. The van der Waals surface area contributed by atoms with Crippen LogP contribution in [0.3, 0.4) is 0 Å². The maximum Gasteiger partial charge on any atom is 0.329 e. The summed E-state index contributed by atoms with van der Waals surface area (Å²) < 4.78 is 24.2. The number of piperidine rings is 1. The van der Waals surface area contributed by atoms with Gasteiger partial charge in [0.05, 0.1) is 29.2 Å². The highest BCUT2D eigenvalue weighted by Crippen LogP contribution is 2.21. The van der Waals surface area contributed by atoms with E-state index in [9.17, 15) is 4.79 Å². The fourth-order valence-electron chi connectivity index (χ4n) is 4.73. The maximum atomic E-state index is 15.2. The third-order valence-electron chi connectivity index (χ3n) is 6.88. The Kier molecular flexibility index (Phi) is 8.04. The van der Waals surface area contributed by atoms with E-state index in [2.05, 4.69) is 21.4 Å². The lowest BCUT2D eigenvalue weighted by Crippen LogP contribution is -2.31. The predicted octanol–water partition coefficient (Wildman–Crippen LogP) is 3.56. The summed E-state index contributed by atoms with van der Waals surface area (Å²) in [6.07, 6.45) is 9.46. The fraction of sp³-hybridized carbons (Fsp3) is 0.464.